The Morgan fingerprint density at radius 3 is 2.46 bits per heavy atom. The average Bonchev–Trinajstić information content (AvgIpc) is 3.97. The van der Waals surface area contributed by atoms with Crippen LogP contribution in [0.25, 0.3) is 21.9 Å². The van der Waals surface area contributed by atoms with Crippen LogP contribution in [-0.4, -0.2) is 130 Å². The first-order valence-electron chi connectivity index (χ1n) is 20.7. The molecule has 1 unspecified atom stereocenters. The molecule has 5 aliphatic rings. The Hall–Kier alpha value is -6.23. The Morgan fingerprint density at radius 1 is 0.915 bits per heavy atom. The summed E-state index contributed by atoms with van der Waals surface area (Å²) in [6.45, 7) is 6.72. The second-order valence-corrected chi connectivity index (χ2v) is 16.6. The van der Waals surface area contributed by atoms with Gasteiger partial charge in [-0.25, -0.2) is 19.9 Å². The summed E-state index contributed by atoms with van der Waals surface area (Å²) in [4.78, 5) is 74.3. The number of nitrogens with one attached hydrogen (secondary N) is 3. The first-order chi connectivity index (χ1) is 28.7. The molecule has 0 spiro atoms. The topological polar surface area (TPSA) is 202 Å². The molecule has 17 heteroatoms. The largest absolute Gasteiger partial charge is 0.382 e. The number of primary amides is 1. The molecule has 17 nitrogen and oxygen atoms in total. The molecule has 5 aromatic rings. The number of anilines is 4. The number of amides is 5. The number of fused-ring (bicyclic) bond motifs is 3. The molecule has 0 saturated carbocycles. The monoisotopic (exact) mass is 800 g/mol. The number of hydrogen-bond acceptors (Lipinski definition) is 12. The van der Waals surface area contributed by atoms with E-state index in [-0.39, 0.29) is 29.6 Å². The maximum atomic E-state index is 12.7. The van der Waals surface area contributed by atoms with E-state index in [1.54, 1.807) is 17.3 Å². The molecule has 306 valence electrons. The van der Waals surface area contributed by atoms with Crippen molar-refractivity contribution in [1.82, 2.24) is 40.1 Å². The lowest BCUT2D eigenvalue weighted by molar-refractivity contribution is -0.134. The summed E-state index contributed by atoms with van der Waals surface area (Å²) in [5, 5.41) is 10.6. The van der Waals surface area contributed by atoms with Gasteiger partial charge in [-0.3, -0.25) is 29.6 Å². The van der Waals surface area contributed by atoms with E-state index < -0.39 is 11.8 Å². The SMILES string of the molecule is CN1CCN([C@@H]2CCCN(c3cnc(C(N)=O)c(Nc4ccc(C5CCN(C6CN(c7cc8o[nH]c(C9CCC(=O)NC9=O)c8c8ccnc78)C6)CC5)cc4)n3)C2)C1=O. The van der Waals surface area contributed by atoms with Crippen molar-refractivity contribution in [3.05, 3.63) is 65.7 Å². The van der Waals surface area contributed by atoms with E-state index >= 15 is 0 Å². The van der Waals surface area contributed by atoms with E-state index in [2.05, 4.69) is 47.6 Å². The van der Waals surface area contributed by atoms with Gasteiger partial charge in [-0.2, -0.15) is 0 Å². The highest BCUT2D eigenvalue weighted by molar-refractivity contribution is 6.13. The van der Waals surface area contributed by atoms with Gasteiger partial charge >= 0.3 is 6.03 Å². The Balaban J connectivity index is 0.758. The van der Waals surface area contributed by atoms with E-state index in [9.17, 15) is 19.2 Å². The third-order valence-corrected chi connectivity index (χ3v) is 13.2. The zero-order valence-electron chi connectivity index (χ0n) is 33.0. The van der Waals surface area contributed by atoms with Crippen LogP contribution in [0, 0.1) is 0 Å². The summed E-state index contributed by atoms with van der Waals surface area (Å²) >= 11 is 0. The Bertz CT molecular complexity index is 2450. The van der Waals surface area contributed by atoms with Crippen LogP contribution in [0.2, 0.25) is 0 Å². The molecule has 59 heavy (non-hydrogen) atoms. The van der Waals surface area contributed by atoms with Gasteiger partial charge in [-0.1, -0.05) is 12.1 Å². The van der Waals surface area contributed by atoms with Gasteiger partial charge < -0.3 is 35.2 Å². The number of nitrogens with two attached hydrogens (primary N) is 1. The Labute approximate surface area is 340 Å². The smallest absolute Gasteiger partial charge is 0.320 e. The molecular weight excluding hydrogens is 753 g/mol. The summed E-state index contributed by atoms with van der Waals surface area (Å²) in [5.41, 5.74) is 11.2. The molecule has 8 heterocycles. The molecule has 5 aliphatic heterocycles. The predicted molar refractivity (Wildman–Crippen MR) is 221 cm³/mol. The van der Waals surface area contributed by atoms with Gasteiger partial charge in [0.05, 0.1) is 40.4 Å². The lowest BCUT2D eigenvalue weighted by Gasteiger charge is -2.48. The van der Waals surface area contributed by atoms with Crippen molar-refractivity contribution in [2.24, 2.45) is 5.73 Å². The van der Waals surface area contributed by atoms with E-state index in [1.165, 1.54) is 5.56 Å². The summed E-state index contributed by atoms with van der Waals surface area (Å²) < 4.78 is 5.92. The molecule has 5 fully saturated rings. The highest BCUT2D eigenvalue weighted by atomic mass is 16.5. The minimum Gasteiger partial charge on any atom is -0.382 e. The van der Waals surface area contributed by atoms with Crippen LogP contribution in [0.5, 0.6) is 0 Å². The number of benzene rings is 2. The second-order valence-electron chi connectivity index (χ2n) is 16.6. The number of carbonyl (C=O) groups is 4. The molecule has 5 amide bonds. The number of likely N-dealkylation sites (tertiary alicyclic amines) is 1. The molecular formula is C42H48N12O5. The quantitative estimate of drug-likeness (QED) is 0.157. The van der Waals surface area contributed by atoms with Crippen molar-refractivity contribution in [1.29, 1.82) is 0 Å². The van der Waals surface area contributed by atoms with Crippen LogP contribution in [-0.2, 0) is 9.59 Å². The van der Waals surface area contributed by atoms with E-state index in [0.717, 1.165) is 99.2 Å². The van der Waals surface area contributed by atoms with Gasteiger partial charge in [-0.15, -0.1) is 0 Å². The standard InChI is InChI=1S/C42H48N12O5/c1-50-17-18-54(42(50)58)27-3-2-14-52(21-27)33-20-45-38(39(43)56)40(47-33)46-26-6-4-24(5-7-26)25-11-15-51(16-12-25)28-22-53(23-28)31-19-32-35(29-10-13-44-36(29)31)37(49-59-32)30-8-9-34(55)48-41(30)57/h4-7,10,13,19-20,25,27-28,30,49H,2-3,8-9,11-12,14-18,21-23H2,1H3,(H2,43,56)(H,46,47)(H,48,55,57)/t27-,30?/m1/s1. The second kappa shape index (κ2) is 14.9. The van der Waals surface area contributed by atoms with Gasteiger partial charge in [0.25, 0.3) is 5.91 Å². The van der Waals surface area contributed by atoms with Gasteiger partial charge in [-0.05, 0) is 74.9 Å². The zero-order valence-corrected chi connectivity index (χ0v) is 33.0. The third-order valence-electron chi connectivity index (χ3n) is 13.2. The fraction of sp³-hybridized carbons (Fsp3) is 0.452. The molecule has 5 N–H and O–H groups in total. The minimum atomic E-state index is -0.652. The number of H-pyrrole nitrogens is 1. The first-order valence-corrected chi connectivity index (χ1v) is 20.7. The van der Waals surface area contributed by atoms with Crippen LogP contribution in [0.4, 0.5) is 27.8 Å². The number of likely N-dealkylation sites (N-methyl/N-ethyl adjacent to an activating group) is 1. The molecule has 2 aromatic carbocycles. The number of rotatable bonds is 9. The highest BCUT2D eigenvalue weighted by Gasteiger charge is 2.38. The van der Waals surface area contributed by atoms with Crippen LogP contribution in [0.1, 0.15) is 72.1 Å². The van der Waals surface area contributed by atoms with Crippen LogP contribution in [0.3, 0.4) is 0 Å². The van der Waals surface area contributed by atoms with Gasteiger partial charge in [0.2, 0.25) is 11.8 Å². The Morgan fingerprint density at radius 2 is 1.71 bits per heavy atom. The van der Waals surface area contributed by atoms with Crippen LogP contribution in [0.15, 0.2) is 53.3 Å². The molecule has 0 radical (unpaired) electrons. The van der Waals surface area contributed by atoms with E-state index in [1.807, 2.05) is 36.2 Å². The molecule has 10 rings (SSSR count). The van der Waals surface area contributed by atoms with Crippen molar-refractivity contribution in [2.75, 3.05) is 74.5 Å². The number of carbonyl (C=O) groups excluding carboxylic acids is 4. The number of urea groups is 1. The molecule has 0 bridgehead atoms. The molecule has 5 saturated heterocycles. The maximum absolute atomic E-state index is 12.7. The lowest BCUT2D eigenvalue weighted by atomic mass is 9.88. The molecule has 0 aliphatic carbocycles. The van der Waals surface area contributed by atoms with Crippen molar-refractivity contribution in [3.8, 4) is 0 Å². The van der Waals surface area contributed by atoms with Gasteiger partial charge in [0.15, 0.2) is 17.1 Å². The average molecular weight is 801 g/mol. The fourth-order valence-electron chi connectivity index (χ4n) is 9.79. The van der Waals surface area contributed by atoms with E-state index in [4.69, 9.17) is 20.2 Å². The van der Waals surface area contributed by atoms with Crippen LogP contribution >= 0.6 is 0 Å². The minimum absolute atomic E-state index is 0.0666. The Kier molecular flexibility index (Phi) is 9.33. The van der Waals surface area contributed by atoms with Crippen LogP contribution < -0.4 is 26.2 Å². The van der Waals surface area contributed by atoms with Crippen molar-refractivity contribution >= 4 is 68.6 Å². The van der Waals surface area contributed by atoms with Gasteiger partial charge in [0, 0.05) is 82.1 Å². The number of aromatic amines is 1. The normalized spacial score (nSPS) is 22.4. The number of imide groups is 1. The molecule has 2 atom stereocenters. The number of hydrogen-bond donors (Lipinski definition) is 4. The first kappa shape index (κ1) is 37.1. The molecule has 3 aromatic heterocycles. The number of aromatic nitrogens is 4. The highest BCUT2D eigenvalue weighted by Crippen LogP contribution is 2.41. The third kappa shape index (κ3) is 6.76. The van der Waals surface area contributed by atoms with E-state index in [0.29, 0.717) is 54.3 Å². The van der Waals surface area contributed by atoms with Crippen molar-refractivity contribution < 1.29 is 23.7 Å². The number of nitrogens with zero attached hydrogens (tertiary/aromatic N) is 8. The summed E-state index contributed by atoms with van der Waals surface area (Å²) in [5.74, 6) is -0.267. The van der Waals surface area contributed by atoms with Gasteiger partial charge in [0.1, 0.15) is 5.82 Å². The maximum Gasteiger partial charge on any atom is 0.320 e. The summed E-state index contributed by atoms with van der Waals surface area (Å²) in [6.07, 6.45) is 8.12. The summed E-state index contributed by atoms with van der Waals surface area (Å²) in [7, 11) is 1.84. The van der Waals surface area contributed by atoms with Crippen molar-refractivity contribution in [2.45, 2.75) is 62.4 Å². The zero-order chi connectivity index (χ0) is 40.4. The lowest BCUT2D eigenvalue weighted by Crippen LogP contribution is -2.60. The predicted octanol–water partition coefficient (Wildman–Crippen LogP) is 3.87. The number of piperidine rings is 3. The fourth-order valence-corrected chi connectivity index (χ4v) is 9.79. The van der Waals surface area contributed by atoms with Crippen molar-refractivity contribution in [3.63, 3.8) is 0 Å². The summed E-state index contributed by atoms with van der Waals surface area (Å²) in [6, 6.07) is 13.0.